The molecule has 10 heteroatoms. The van der Waals surface area contributed by atoms with Crippen LogP contribution in [-0.4, -0.2) is 71.3 Å². The van der Waals surface area contributed by atoms with Gasteiger partial charge in [-0.15, -0.1) is 0 Å². The predicted molar refractivity (Wildman–Crippen MR) is 174 cm³/mol. The van der Waals surface area contributed by atoms with E-state index in [2.05, 4.69) is 18.8 Å². The van der Waals surface area contributed by atoms with Crippen molar-refractivity contribution in [3.8, 4) is 17.2 Å². The Kier molecular flexibility index (Phi) is 13.9. The molecule has 0 aliphatic carbocycles. The zero-order chi connectivity index (χ0) is 32.5. The second-order valence-electron chi connectivity index (χ2n) is 11.2. The number of rotatable bonds is 21. The number of carbonyl (C=O) groups excluding carboxylic acids is 2. The molecule has 0 atom stereocenters. The standard InChI is InChI=1S/C36H43NO9/c1-3-34(38)45-23-21-40-20-22-44-32-14-8-29(9-15-32)35(39)37-30-10-16-33(17-11-30)46-24-28-6-12-31(13-7-28)43-19-5-4-18-41-25-36(2)26-42-27-36/h3,6-17H,1,4-5,18-27H2,2H3,(H,37,39). The maximum atomic E-state index is 12.7. The number of hydrogen-bond donors (Lipinski definition) is 1. The van der Waals surface area contributed by atoms with Gasteiger partial charge in [0, 0.05) is 29.3 Å². The van der Waals surface area contributed by atoms with Crippen molar-refractivity contribution in [3.05, 3.63) is 96.6 Å². The molecular formula is C36H43NO9. The minimum Gasteiger partial charge on any atom is -0.494 e. The summed E-state index contributed by atoms with van der Waals surface area (Å²) in [5.41, 5.74) is 2.38. The predicted octanol–water partition coefficient (Wildman–Crippen LogP) is 5.85. The summed E-state index contributed by atoms with van der Waals surface area (Å²) < 4.78 is 38.6. The van der Waals surface area contributed by atoms with E-state index in [1.165, 1.54) is 0 Å². The lowest BCUT2D eigenvalue weighted by Crippen LogP contribution is -2.43. The monoisotopic (exact) mass is 633 g/mol. The molecule has 1 fully saturated rings. The first-order chi connectivity index (χ1) is 22.4. The SMILES string of the molecule is C=CC(=O)OCCOCCOc1ccc(C(=O)Nc2ccc(OCc3ccc(OCCCCOCC4(C)COC4)cc3)cc2)cc1. The van der Waals surface area contributed by atoms with Crippen molar-refractivity contribution in [2.75, 3.05) is 64.8 Å². The molecule has 10 nitrogen and oxygen atoms in total. The fourth-order valence-electron chi connectivity index (χ4n) is 4.32. The van der Waals surface area contributed by atoms with Crippen LogP contribution < -0.4 is 19.5 Å². The first kappa shape index (κ1) is 34.5. The van der Waals surface area contributed by atoms with Crippen LogP contribution in [0.2, 0.25) is 0 Å². The zero-order valence-corrected chi connectivity index (χ0v) is 26.4. The van der Waals surface area contributed by atoms with E-state index in [-0.39, 0.29) is 24.5 Å². The lowest BCUT2D eigenvalue weighted by Gasteiger charge is -2.37. The average molecular weight is 634 g/mol. The Morgan fingerprint density at radius 3 is 2.04 bits per heavy atom. The van der Waals surface area contributed by atoms with Crippen molar-refractivity contribution in [3.63, 3.8) is 0 Å². The first-order valence-corrected chi connectivity index (χ1v) is 15.4. The Morgan fingerprint density at radius 1 is 0.761 bits per heavy atom. The van der Waals surface area contributed by atoms with E-state index >= 15 is 0 Å². The number of hydrogen-bond acceptors (Lipinski definition) is 9. The van der Waals surface area contributed by atoms with Crippen LogP contribution in [-0.2, 0) is 30.3 Å². The highest BCUT2D eigenvalue weighted by Gasteiger charge is 2.33. The smallest absolute Gasteiger partial charge is 0.330 e. The maximum absolute atomic E-state index is 12.7. The summed E-state index contributed by atoms with van der Waals surface area (Å²) in [6.45, 7) is 10.7. The molecule has 0 unspecified atom stereocenters. The summed E-state index contributed by atoms with van der Waals surface area (Å²) in [6.07, 6.45) is 3.01. The molecule has 4 rings (SSSR count). The number of carbonyl (C=O) groups is 2. The molecule has 0 saturated carbocycles. The molecule has 1 heterocycles. The molecule has 0 bridgehead atoms. The number of nitrogens with one attached hydrogen (secondary N) is 1. The minimum absolute atomic E-state index is 0.157. The molecule has 46 heavy (non-hydrogen) atoms. The summed E-state index contributed by atoms with van der Waals surface area (Å²) in [5, 5.41) is 2.89. The van der Waals surface area contributed by atoms with Gasteiger partial charge in [-0.3, -0.25) is 4.79 Å². The second-order valence-corrected chi connectivity index (χ2v) is 11.2. The maximum Gasteiger partial charge on any atom is 0.330 e. The van der Waals surface area contributed by atoms with Crippen molar-refractivity contribution in [2.45, 2.75) is 26.4 Å². The fraction of sp³-hybridized carbons (Fsp3) is 0.389. The van der Waals surface area contributed by atoms with Gasteiger partial charge in [0.2, 0.25) is 0 Å². The van der Waals surface area contributed by atoms with Gasteiger partial charge in [0.05, 0.1) is 39.6 Å². The van der Waals surface area contributed by atoms with Crippen molar-refractivity contribution >= 4 is 17.6 Å². The Balaban J connectivity index is 1.07. The highest BCUT2D eigenvalue weighted by atomic mass is 16.6. The summed E-state index contributed by atoms with van der Waals surface area (Å²) in [7, 11) is 0. The van der Waals surface area contributed by atoms with Crippen LogP contribution in [0.4, 0.5) is 5.69 Å². The molecule has 246 valence electrons. The van der Waals surface area contributed by atoms with E-state index in [1.54, 1.807) is 36.4 Å². The molecule has 0 spiro atoms. The number of benzene rings is 3. The zero-order valence-electron chi connectivity index (χ0n) is 26.4. The topological polar surface area (TPSA) is 111 Å². The molecular weight excluding hydrogens is 590 g/mol. The van der Waals surface area contributed by atoms with Crippen LogP contribution in [0.25, 0.3) is 0 Å². The van der Waals surface area contributed by atoms with Crippen LogP contribution in [0, 0.1) is 5.41 Å². The normalized spacial score (nSPS) is 13.2. The van der Waals surface area contributed by atoms with Gasteiger partial charge in [0.25, 0.3) is 5.91 Å². The first-order valence-electron chi connectivity index (χ1n) is 15.4. The number of ether oxygens (including phenoxy) is 7. The third kappa shape index (κ3) is 12.2. The Bertz CT molecular complexity index is 1350. The van der Waals surface area contributed by atoms with Crippen LogP contribution in [0.15, 0.2) is 85.5 Å². The van der Waals surface area contributed by atoms with Crippen molar-refractivity contribution in [1.82, 2.24) is 0 Å². The lowest BCUT2D eigenvalue weighted by molar-refractivity contribution is -0.139. The summed E-state index contributed by atoms with van der Waals surface area (Å²) in [4.78, 5) is 23.6. The highest BCUT2D eigenvalue weighted by molar-refractivity contribution is 6.04. The third-order valence-corrected chi connectivity index (χ3v) is 7.00. The number of anilines is 1. The van der Waals surface area contributed by atoms with Gasteiger partial charge in [-0.25, -0.2) is 4.79 Å². The molecule has 1 amide bonds. The van der Waals surface area contributed by atoms with E-state index in [9.17, 15) is 9.59 Å². The third-order valence-electron chi connectivity index (χ3n) is 7.00. The van der Waals surface area contributed by atoms with E-state index in [1.807, 2.05) is 36.4 Å². The average Bonchev–Trinajstić information content (AvgIpc) is 3.07. The van der Waals surface area contributed by atoms with Crippen molar-refractivity contribution < 1.29 is 42.7 Å². The molecule has 3 aromatic carbocycles. The van der Waals surface area contributed by atoms with Gasteiger partial charge in [0.1, 0.15) is 37.1 Å². The summed E-state index contributed by atoms with van der Waals surface area (Å²) in [5.74, 6) is 1.43. The van der Waals surface area contributed by atoms with E-state index in [4.69, 9.17) is 33.2 Å². The van der Waals surface area contributed by atoms with Gasteiger partial charge < -0.3 is 38.5 Å². The van der Waals surface area contributed by atoms with Gasteiger partial charge in [-0.2, -0.15) is 0 Å². The van der Waals surface area contributed by atoms with Gasteiger partial charge in [-0.1, -0.05) is 25.6 Å². The van der Waals surface area contributed by atoms with E-state index in [0.29, 0.717) is 49.2 Å². The quantitative estimate of drug-likeness (QED) is 0.0877. The second kappa shape index (κ2) is 18.6. The molecule has 1 N–H and O–H groups in total. The van der Waals surface area contributed by atoms with Crippen LogP contribution in [0.5, 0.6) is 17.2 Å². The van der Waals surface area contributed by atoms with Crippen LogP contribution >= 0.6 is 0 Å². The van der Waals surface area contributed by atoms with E-state index < -0.39 is 5.97 Å². The lowest BCUT2D eigenvalue weighted by atomic mass is 9.90. The van der Waals surface area contributed by atoms with Gasteiger partial charge in [0.15, 0.2) is 0 Å². The molecule has 0 radical (unpaired) electrons. The van der Waals surface area contributed by atoms with Crippen LogP contribution in [0.3, 0.4) is 0 Å². The Hall–Kier alpha value is -4.38. The number of amides is 1. The molecule has 1 aliphatic heterocycles. The van der Waals surface area contributed by atoms with Crippen LogP contribution in [0.1, 0.15) is 35.7 Å². The Morgan fingerprint density at radius 2 is 1.37 bits per heavy atom. The number of unbranched alkanes of at least 4 members (excludes halogenated alkanes) is 1. The summed E-state index contributed by atoms with van der Waals surface area (Å²) in [6, 6.07) is 22.0. The molecule has 1 aliphatic rings. The van der Waals surface area contributed by atoms with Gasteiger partial charge >= 0.3 is 5.97 Å². The minimum atomic E-state index is -0.482. The molecule has 0 aromatic heterocycles. The fourth-order valence-corrected chi connectivity index (χ4v) is 4.32. The summed E-state index contributed by atoms with van der Waals surface area (Å²) >= 11 is 0. The molecule has 3 aromatic rings. The largest absolute Gasteiger partial charge is 0.494 e. The number of esters is 1. The Labute approximate surface area is 270 Å². The van der Waals surface area contributed by atoms with Crippen molar-refractivity contribution in [1.29, 1.82) is 0 Å². The van der Waals surface area contributed by atoms with Gasteiger partial charge in [-0.05, 0) is 79.1 Å². The van der Waals surface area contributed by atoms with E-state index in [0.717, 1.165) is 56.7 Å². The highest BCUT2D eigenvalue weighted by Crippen LogP contribution is 2.26. The van der Waals surface area contributed by atoms with Crippen molar-refractivity contribution in [2.24, 2.45) is 5.41 Å². The molecule has 1 saturated heterocycles.